The molecule has 1 fully saturated rings. The molecule has 6 nitrogen and oxygen atoms in total. The number of piperazine rings is 1. The van der Waals surface area contributed by atoms with Crippen LogP contribution in [0.3, 0.4) is 0 Å². The van der Waals surface area contributed by atoms with E-state index in [-0.39, 0.29) is 11.8 Å². The first-order chi connectivity index (χ1) is 11.7. The molecule has 2 N–H and O–H groups in total. The summed E-state index contributed by atoms with van der Waals surface area (Å²) in [7, 11) is 1.69. The average molecular weight is 331 g/mol. The highest BCUT2D eigenvalue weighted by Gasteiger charge is 2.17. The zero-order chi connectivity index (χ0) is 16.9. The minimum absolute atomic E-state index is 0.121. The predicted octanol–water partition coefficient (Wildman–Crippen LogP) is 2.12. The third-order valence-electron chi connectivity index (χ3n) is 4.58. The van der Waals surface area contributed by atoms with Crippen LogP contribution < -0.4 is 9.64 Å². The summed E-state index contributed by atoms with van der Waals surface area (Å²) in [5.74, 6) is 1.13. The molecule has 1 aliphatic heterocycles. The highest BCUT2D eigenvalue weighted by atomic mass is 16.5. The van der Waals surface area contributed by atoms with Crippen LogP contribution in [0.4, 0.5) is 5.69 Å². The van der Waals surface area contributed by atoms with Crippen LogP contribution in [0.25, 0.3) is 0 Å². The number of anilines is 1. The summed E-state index contributed by atoms with van der Waals surface area (Å²) in [6.45, 7) is 5.60. The van der Waals surface area contributed by atoms with Gasteiger partial charge < -0.3 is 19.8 Å². The van der Waals surface area contributed by atoms with Gasteiger partial charge in [0.2, 0.25) is 0 Å². The Morgan fingerprint density at radius 2 is 1.67 bits per heavy atom. The molecule has 0 atom stereocenters. The third-order valence-corrected chi connectivity index (χ3v) is 4.58. The van der Waals surface area contributed by atoms with Crippen molar-refractivity contribution in [3.8, 4) is 17.5 Å². The molecule has 0 bridgehead atoms. The normalized spacial score (nSPS) is 15.6. The zero-order valence-corrected chi connectivity index (χ0v) is 14.1. The standard InChI is InChI=1S/C18H25N3O3/c1-24-16-5-2-4-15(14-16)20-12-10-19(11-13-20)8-3-9-21-17(22)6-7-18(21)23/h2,4-7,14,22-23H,3,8-13H2,1H3. The first kappa shape index (κ1) is 16.5. The highest BCUT2D eigenvalue weighted by Crippen LogP contribution is 2.23. The maximum Gasteiger partial charge on any atom is 0.193 e. The van der Waals surface area contributed by atoms with Gasteiger partial charge in [-0.05, 0) is 25.1 Å². The molecule has 1 saturated heterocycles. The number of methoxy groups -OCH3 is 1. The summed E-state index contributed by atoms with van der Waals surface area (Å²) in [5, 5.41) is 19.3. The van der Waals surface area contributed by atoms with Crippen molar-refractivity contribution in [2.24, 2.45) is 0 Å². The fourth-order valence-electron chi connectivity index (χ4n) is 3.16. The highest BCUT2D eigenvalue weighted by molar-refractivity contribution is 5.51. The minimum Gasteiger partial charge on any atom is -0.497 e. The van der Waals surface area contributed by atoms with Crippen molar-refractivity contribution in [2.75, 3.05) is 44.7 Å². The van der Waals surface area contributed by atoms with Gasteiger partial charge in [0, 0.05) is 56.6 Å². The van der Waals surface area contributed by atoms with E-state index in [2.05, 4.69) is 21.9 Å². The Kier molecular flexibility index (Phi) is 5.15. The molecule has 1 aromatic heterocycles. The summed E-state index contributed by atoms with van der Waals surface area (Å²) < 4.78 is 6.83. The van der Waals surface area contributed by atoms with Gasteiger partial charge in [0.05, 0.1) is 7.11 Å². The van der Waals surface area contributed by atoms with Crippen LogP contribution in [0.2, 0.25) is 0 Å². The number of ether oxygens (including phenoxy) is 1. The van der Waals surface area contributed by atoms with Gasteiger partial charge in [-0.3, -0.25) is 9.47 Å². The Morgan fingerprint density at radius 1 is 0.958 bits per heavy atom. The van der Waals surface area contributed by atoms with Crippen molar-refractivity contribution in [3.05, 3.63) is 36.4 Å². The molecule has 1 aliphatic rings. The first-order valence-corrected chi connectivity index (χ1v) is 8.36. The number of benzene rings is 1. The molecule has 130 valence electrons. The van der Waals surface area contributed by atoms with Gasteiger partial charge in [0.15, 0.2) is 11.8 Å². The van der Waals surface area contributed by atoms with E-state index in [4.69, 9.17) is 4.74 Å². The Labute approximate surface area is 142 Å². The Balaban J connectivity index is 1.45. The van der Waals surface area contributed by atoms with Crippen LogP contribution in [0.5, 0.6) is 17.5 Å². The molecule has 0 radical (unpaired) electrons. The van der Waals surface area contributed by atoms with Crippen molar-refractivity contribution in [2.45, 2.75) is 13.0 Å². The molecule has 6 heteroatoms. The van der Waals surface area contributed by atoms with Crippen LogP contribution in [-0.4, -0.2) is 59.5 Å². The molecule has 2 aromatic rings. The number of nitrogens with zero attached hydrogens (tertiary/aromatic N) is 3. The van der Waals surface area contributed by atoms with E-state index in [9.17, 15) is 10.2 Å². The Hall–Kier alpha value is -2.34. The van der Waals surface area contributed by atoms with Crippen molar-refractivity contribution in [3.63, 3.8) is 0 Å². The van der Waals surface area contributed by atoms with Gasteiger partial charge in [-0.2, -0.15) is 0 Å². The molecule has 1 aromatic carbocycles. The summed E-state index contributed by atoms with van der Waals surface area (Å²) in [4.78, 5) is 4.80. The van der Waals surface area contributed by atoms with E-state index in [1.807, 2.05) is 12.1 Å². The number of aromatic hydroxyl groups is 2. The third kappa shape index (κ3) is 3.76. The molecule has 0 aliphatic carbocycles. The minimum atomic E-state index is 0.121. The maximum atomic E-state index is 9.64. The van der Waals surface area contributed by atoms with Gasteiger partial charge >= 0.3 is 0 Å². The van der Waals surface area contributed by atoms with E-state index >= 15 is 0 Å². The molecule has 2 heterocycles. The van der Waals surface area contributed by atoms with Crippen LogP contribution in [0, 0.1) is 0 Å². The van der Waals surface area contributed by atoms with Gasteiger partial charge in [-0.25, -0.2) is 0 Å². The van der Waals surface area contributed by atoms with Crippen molar-refractivity contribution in [1.29, 1.82) is 0 Å². The summed E-state index contributed by atoms with van der Waals surface area (Å²) in [6, 6.07) is 11.2. The van der Waals surface area contributed by atoms with Crippen LogP contribution >= 0.6 is 0 Å². The van der Waals surface area contributed by atoms with Gasteiger partial charge in [0.25, 0.3) is 0 Å². The number of rotatable bonds is 6. The first-order valence-electron chi connectivity index (χ1n) is 8.36. The Morgan fingerprint density at radius 3 is 2.33 bits per heavy atom. The fourth-order valence-corrected chi connectivity index (χ4v) is 3.16. The molecule has 0 saturated carbocycles. The smallest absolute Gasteiger partial charge is 0.193 e. The summed E-state index contributed by atoms with van der Waals surface area (Å²) >= 11 is 0. The zero-order valence-electron chi connectivity index (χ0n) is 14.1. The predicted molar refractivity (Wildman–Crippen MR) is 94.0 cm³/mol. The second-order valence-corrected chi connectivity index (χ2v) is 6.09. The lowest BCUT2D eigenvalue weighted by atomic mass is 10.2. The van der Waals surface area contributed by atoms with Gasteiger partial charge in [-0.1, -0.05) is 6.07 Å². The summed E-state index contributed by atoms with van der Waals surface area (Å²) in [6.07, 6.45) is 0.898. The maximum absolute atomic E-state index is 9.64. The molecule has 3 rings (SSSR count). The molecule has 0 spiro atoms. The molecular formula is C18H25N3O3. The second kappa shape index (κ2) is 7.49. The van der Waals surface area contributed by atoms with Crippen molar-refractivity contribution in [1.82, 2.24) is 9.47 Å². The molecule has 24 heavy (non-hydrogen) atoms. The lowest BCUT2D eigenvalue weighted by Gasteiger charge is -2.36. The van der Waals surface area contributed by atoms with E-state index in [1.54, 1.807) is 7.11 Å². The number of hydrogen-bond donors (Lipinski definition) is 2. The molecule has 0 unspecified atom stereocenters. The van der Waals surface area contributed by atoms with Crippen LogP contribution in [-0.2, 0) is 6.54 Å². The Bertz CT molecular complexity index is 644. The lowest BCUT2D eigenvalue weighted by molar-refractivity contribution is 0.246. The van der Waals surface area contributed by atoms with E-state index in [0.29, 0.717) is 6.54 Å². The van der Waals surface area contributed by atoms with E-state index < -0.39 is 0 Å². The fraction of sp³-hybridized carbons (Fsp3) is 0.444. The number of hydrogen-bond acceptors (Lipinski definition) is 5. The monoisotopic (exact) mass is 331 g/mol. The van der Waals surface area contributed by atoms with Gasteiger partial charge in [0.1, 0.15) is 5.75 Å². The molecular weight excluding hydrogens is 306 g/mol. The van der Waals surface area contributed by atoms with Crippen molar-refractivity contribution >= 4 is 5.69 Å². The van der Waals surface area contributed by atoms with Crippen LogP contribution in [0.1, 0.15) is 6.42 Å². The van der Waals surface area contributed by atoms with Crippen LogP contribution in [0.15, 0.2) is 36.4 Å². The topological polar surface area (TPSA) is 61.1 Å². The quantitative estimate of drug-likeness (QED) is 0.849. The molecule has 0 amide bonds. The van der Waals surface area contributed by atoms with Crippen molar-refractivity contribution < 1.29 is 14.9 Å². The lowest BCUT2D eigenvalue weighted by Crippen LogP contribution is -2.46. The van der Waals surface area contributed by atoms with E-state index in [0.717, 1.165) is 44.9 Å². The summed E-state index contributed by atoms with van der Waals surface area (Å²) in [5.41, 5.74) is 1.20. The van der Waals surface area contributed by atoms with E-state index in [1.165, 1.54) is 22.4 Å². The SMILES string of the molecule is COc1cccc(N2CCN(CCCn3c(O)ccc3O)CC2)c1. The average Bonchev–Trinajstić information content (AvgIpc) is 2.94. The van der Waals surface area contributed by atoms with Gasteiger partial charge in [-0.15, -0.1) is 0 Å². The number of aromatic nitrogens is 1. The largest absolute Gasteiger partial charge is 0.497 e. The second-order valence-electron chi connectivity index (χ2n) is 6.09.